The lowest BCUT2D eigenvalue weighted by Crippen LogP contribution is -2.48. The van der Waals surface area contributed by atoms with Crippen LogP contribution in [0.3, 0.4) is 0 Å². The van der Waals surface area contributed by atoms with Gasteiger partial charge in [0, 0.05) is 12.3 Å². The zero-order valence-corrected chi connectivity index (χ0v) is 9.89. The van der Waals surface area contributed by atoms with Crippen molar-refractivity contribution >= 4 is 0 Å². The molecule has 0 saturated heterocycles. The molecule has 0 aromatic carbocycles. The van der Waals surface area contributed by atoms with Gasteiger partial charge in [-0.3, -0.25) is 0 Å². The zero-order valence-electron chi connectivity index (χ0n) is 9.89. The van der Waals surface area contributed by atoms with Crippen molar-refractivity contribution in [3.05, 3.63) is 6.92 Å². The molecular weight excluding hydrogens is 310 g/mol. The molecule has 0 spiro atoms. The molecule has 0 heterocycles. The van der Waals surface area contributed by atoms with Crippen molar-refractivity contribution in [1.29, 1.82) is 0 Å². The van der Waals surface area contributed by atoms with Gasteiger partial charge in [-0.25, -0.2) is 0 Å². The van der Waals surface area contributed by atoms with Gasteiger partial charge in [0.25, 0.3) is 0 Å². The van der Waals surface area contributed by atoms with E-state index in [1.807, 2.05) is 0 Å². The Balaban J connectivity index is 5.29. The van der Waals surface area contributed by atoms with Gasteiger partial charge in [0.15, 0.2) is 0 Å². The second kappa shape index (κ2) is 5.97. The smallest absolute Gasteiger partial charge is 0.196 e. The molecule has 0 fully saturated rings. The van der Waals surface area contributed by atoms with Crippen LogP contribution in [-0.2, 0) is 0 Å². The maximum Gasteiger partial charge on any atom is 0.453 e. The van der Waals surface area contributed by atoms with E-state index in [4.69, 9.17) is 0 Å². The van der Waals surface area contributed by atoms with E-state index >= 15 is 0 Å². The molecule has 0 aliphatic carbocycles. The second-order valence-electron chi connectivity index (χ2n) is 4.22. The predicted molar refractivity (Wildman–Crippen MR) is 49.3 cm³/mol. The summed E-state index contributed by atoms with van der Waals surface area (Å²) in [5, 5.41) is 0. The quantitative estimate of drug-likeness (QED) is 0.575. The molecule has 1 atom stereocenters. The molecule has 0 amide bonds. The van der Waals surface area contributed by atoms with Crippen molar-refractivity contribution in [2.45, 2.75) is 49.9 Å². The summed E-state index contributed by atoms with van der Waals surface area (Å²) in [6.45, 7) is 3.11. The fourth-order valence-electron chi connectivity index (χ4n) is 1.46. The average molecular weight is 321 g/mol. The molecule has 1 radical (unpaired) electrons. The molecule has 10 heteroatoms. The van der Waals surface area contributed by atoms with E-state index in [0.29, 0.717) is 0 Å². The summed E-state index contributed by atoms with van der Waals surface area (Å²) in [6.07, 6.45) is -16.7. The number of alkyl halides is 10. The van der Waals surface area contributed by atoms with Gasteiger partial charge in [0.05, 0.1) is 0 Å². The van der Waals surface area contributed by atoms with Gasteiger partial charge in [-0.15, -0.1) is 0 Å². The van der Waals surface area contributed by atoms with E-state index in [2.05, 4.69) is 6.92 Å². The van der Waals surface area contributed by atoms with E-state index in [1.54, 1.807) is 0 Å². The summed E-state index contributed by atoms with van der Waals surface area (Å²) >= 11 is 0. The van der Waals surface area contributed by atoms with Crippen LogP contribution >= 0.6 is 0 Å². The third-order valence-electron chi connectivity index (χ3n) is 2.61. The minimum atomic E-state index is -6.19. The molecular formula is C10H11F10. The van der Waals surface area contributed by atoms with Crippen molar-refractivity contribution < 1.29 is 43.9 Å². The van der Waals surface area contributed by atoms with Crippen LogP contribution in [0.1, 0.15) is 25.7 Å². The van der Waals surface area contributed by atoms with Crippen LogP contribution in [0.25, 0.3) is 0 Å². The Labute approximate surface area is 108 Å². The summed E-state index contributed by atoms with van der Waals surface area (Å²) in [6, 6.07) is 0. The lowest BCUT2D eigenvalue weighted by Gasteiger charge is -2.31. The highest BCUT2D eigenvalue weighted by Crippen LogP contribution is 2.49. The van der Waals surface area contributed by atoms with E-state index in [9.17, 15) is 43.9 Å². The zero-order chi connectivity index (χ0) is 16.4. The number of rotatable bonds is 6. The summed E-state index contributed by atoms with van der Waals surface area (Å²) < 4.78 is 123. The van der Waals surface area contributed by atoms with Crippen LogP contribution in [0.4, 0.5) is 43.9 Å². The molecule has 121 valence electrons. The highest BCUT2D eigenvalue weighted by molar-refractivity contribution is 4.90. The van der Waals surface area contributed by atoms with E-state index < -0.39 is 49.4 Å². The van der Waals surface area contributed by atoms with Gasteiger partial charge >= 0.3 is 24.2 Å². The number of hydrogen-bond donors (Lipinski definition) is 0. The Morgan fingerprint density at radius 3 is 1.50 bits per heavy atom. The predicted octanol–water partition coefficient (Wildman–Crippen LogP) is 5.39. The normalized spacial score (nSPS) is 16.4. The Hall–Kier alpha value is -0.700. The molecule has 0 bridgehead atoms. The topological polar surface area (TPSA) is 0 Å². The van der Waals surface area contributed by atoms with Crippen LogP contribution in [0, 0.1) is 12.8 Å². The number of halogens is 10. The SMILES string of the molecule is [CH2]CCCC(CC(F)(F)C(F)(F)F)C(F)(F)C(F)(F)F. The Morgan fingerprint density at radius 1 is 0.750 bits per heavy atom. The standard InChI is InChI=1S/C10H11F10/c1-2-3-4-6(8(13,14)10(18,19)20)5-7(11,12)9(15,16)17/h6H,1-5H2. The monoisotopic (exact) mass is 321 g/mol. The molecule has 0 aliphatic rings. The first kappa shape index (κ1) is 19.3. The fraction of sp³-hybridized carbons (Fsp3) is 0.900. The first-order valence-electron chi connectivity index (χ1n) is 5.35. The molecule has 0 aliphatic heterocycles. The highest BCUT2D eigenvalue weighted by atomic mass is 19.4. The van der Waals surface area contributed by atoms with E-state index in [0.717, 1.165) is 0 Å². The van der Waals surface area contributed by atoms with Crippen LogP contribution in [-0.4, -0.2) is 24.2 Å². The molecule has 1 unspecified atom stereocenters. The van der Waals surface area contributed by atoms with E-state index in [-0.39, 0.29) is 6.42 Å². The maximum absolute atomic E-state index is 13.0. The maximum atomic E-state index is 13.0. The minimum absolute atomic E-state index is 0.165. The number of hydrogen-bond acceptors (Lipinski definition) is 0. The van der Waals surface area contributed by atoms with Gasteiger partial charge in [-0.1, -0.05) is 19.8 Å². The minimum Gasteiger partial charge on any atom is -0.196 e. The van der Waals surface area contributed by atoms with Crippen molar-refractivity contribution in [3.8, 4) is 0 Å². The second-order valence-corrected chi connectivity index (χ2v) is 4.22. The van der Waals surface area contributed by atoms with Crippen molar-refractivity contribution in [3.63, 3.8) is 0 Å². The molecule has 20 heavy (non-hydrogen) atoms. The van der Waals surface area contributed by atoms with Crippen molar-refractivity contribution in [2.75, 3.05) is 0 Å². The van der Waals surface area contributed by atoms with Crippen molar-refractivity contribution in [2.24, 2.45) is 5.92 Å². The van der Waals surface area contributed by atoms with Gasteiger partial charge in [-0.05, 0) is 6.42 Å². The van der Waals surface area contributed by atoms with Crippen LogP contribution in [0.5, 0.6) is 0 Å². The average Bonchev–Trinajstić information content (AvgIpc) is 2.20. The molecule has 0 nitrogen and oxygen atoms in total. The lowest BCUT2D eigenvalue weighted by atomic mass is 9.88. The van der Waals surface area contributed by atoms with Gasteiger partial charge in [-0.2, -0.15) is 43.9 Å². The van der Waals surface area contributed by atoms with Gasteiger partial charge < -0.3 is 0 Å². The molecule has 0 saturated carbocycles. The largest absolute Gasteiger partial charge is 0.453 e. The van der Waals surface area contributed by atoms with Gasteiger partial charge in [0.2, 0.25) is 0 Å². The van der Waals surface area contributed by atoms with Crippen molar-refractivity contribution in [1.82, 2.24) is 0 Å². The Kier molecular flexibility index (Phi) is 5.76. The van der Waals surface area contributed by atoms with Crippen LogP contribution in [0.15, 0.2) is 0 Å². The third-order valence-corrected chi connectivity index (χ3v) is 2.61. The number of unbranched alkanes of at least 4 members (excludes halogenated alkanes) is 1. The molecule has 0 N–H and O–H groups in total. The summed E-state index contributed by atoms with van der Waals surface area (Å²) in [7, 11) is 0. The van der Waals surface area contributed by atoms with Crippen LogP contribution in [0.2, 0.25) is 0 Å². The Morgan fingerprint density at radius 2 is 1.20 bits per heavy atom. The molecule has 0 rings (SSSR count). The highest BCUT2D eigenvalue weighted by Gasteiger charge is 2.66. The molecule has 0 aromatic heterocycles. The summed E-state index contributed by atoms with van der Waals surface area (Å²) in [5.41, 5.74) is 0. The third kappa shape index (κ3) is 4.41. The lowest BCUT2D eigenvalue weighted by molar-refractivity contribution is -0.328. The fourth-order valence-corrected chi connectivity index (χ4v) is 1.46. The van der Waals surface area contributed by atoms with E-state index in [1.165, 1.54) is 0 Å². The summed E-state index contributed by atoms with van der Waals surface area (Å²) in [5.74, 6) is -14.4. The molecule has 0 aromatic rings. The Bertz CT molecular complexity index is 300. The summed E-state index contributed by atoms with van der Waals surface area (Å²) in [4.78, 5) is 0. The van der Waals surface area contributed by atoms with Gasteiger partial charge in [0.1, 0.15) is 0 Å². The first-order chi connectivity index (χ1) is 8.67. The van der Waals surface area contributed by atoms with Crippen LogP contribution < -0.4 is 0 Å². The first-order valence-corrected chi connectivity index (χ1v) is 5.35.